The van der Waals surface area contributed by atoms with Crippen molar-refractivity contribution in [2.45, 2.75) is 26.9 Å². The molecule has 0 atom stereocenters. The number of nitrogens with one attached hydrogen (secondary N) is 1. The van der Waals surface area contributed by atoms with E-state index in [1.165, 1.54) is 0 Å². The predicted molar refractivity (Wildman–Crippen MR) is 65.7 cm³/mol. The lowest BCUT2D eigenvalue weighted by atomic mass is 10.4. The molecule has 0 aromatic rings. The van der Waals surface area contributed by atoms with Gasteiger partial charge in [0.25, 0.3) is 0 Å². The zero-order valence-corrected chi connectivity index (χ0v) is 10.8. The first-order valence-corrected chi connectivity index (χ1v) is 5.75. The molecule has 5 heteroatoms. The van der Waals surface area contributed by atoms with Gasteiger partial charge in [-0.15, -0.1) is 0 Å². The number of hydrogen-bond donors (Lipinski definition) is 1. The molecule has 0 aliphatic rings. The second kappa shape index (κ2) is 9.42. The van der Waals surface area contributed by atoms with E-state index in [-0.39, 0.29) is 13.6 Å². The number of likely N-dealkylation sites (N-methyl/N-ethyl adjacent to an activating group) is 1. The maximum Gasteiger partial charge on any atom is 0.407 e. The highest BCUT2D eigenvalue weighted by atomic mass is 16.6. The van der Waals surface area contributed by atoms with Gasteiger partial charge in [-0.3, -0.25) is 4.90 Å². The van der Waals surface area contributed by atoms with Crippen LogP contribution in [0, 0.1) is 0 Å². The average Bonchev–Trinajstić information content (AvgIpc) is 2.22. The number of rotatable bonds is 8. The minimum atomic E-state index is -0.349. The topological polar surface area (TPSA) is 50.8 Å². The van der Waals surface area contributed by atoms with Crippen LogP contribution in [0.4, 0.5) is 4.79 Å². The summed E-state index contributed by atoms with van der Waals surface area (Å²) in [5.74, 6) is 0. The molecule has 5 nitrogen and oxygen atoms in total. The lowest BCUT2D eigenvalue weighted by Gasteiger charge is -2.20. The number of ether oxygens (including phenoxy) is 2. The van der Waals surface area contributed by atoms with Crippen molar-refractivity contribution in [1.82, 2.24) is 10.2 Å². The van der Waals surface area contributed by atoms with E-state index >= 15 is 0 Å². The average molecular weight is 234 g/mol. The van der Waals surface area contributed by atoms with Crippen molar-refractivity contribution in [2.24, 2.45) is 0 Å². The number of alkyl carbamates (subject to hydrolysis) is 1. The number of nitrogens with zero attached hydrogens (tertiary/aromatic N) is 1. The number of hydrogen-bond acceptors (Lipinski definition) is 4. The molecule has 1 amide bonds. The molecule has 0 rings (SSSR count). The third-order valence-corrected chi connectivity index (χ3v) is 2.10. The van der Waals surface area contributed by atoms with Crippen molar-refractivity contribution in [1.29, 1.82) is 0 Å². The Morgan fingerprint density at radius 2 is 2.12 bits per heavy atom. The zero-order valence-electron chi connectivity index (χ0n) is 10.8. The lowest BCUT2D eigenvalue weighted by Crippen LogP contribution is -2.37. The zero-order chi connectivity index (χ0) is 12.4. The van der Waals surface area contributed by atoms with Crippen molar-refractivity contribution in [3.05, 3.63) is 0 Å². The van der Waals surface area contributed by atoms with Gasteiger partial charge < -0.3 is 14.8 Å². The molecule has 0 radical (unpaired) electrons. The van der Waals surface area contributed by atoms with E-state index in [2.05, 4.69) is 17.1 Å². The van der Waals surface area contributed by atoms with Crippen molar-refractivity contribution in [2.75, 3.05) is 39.9 Å². The maximum atomic E-state index is 11.2. The SMILES string of the molecule is CCN(CCNC(=O)OC(C)C)CCOC.[HH]. The Kier molecular flexibility index (Phi) is 8.94. The summed E-state index contributed by atoms with van der Waals surface area (Å²) in [6.07, 6.45) is -0.423. The molecular formula is C11H26N2O3. The Hall–Kier alpha value is -0.810. The molecule has 0 aromatic carbocycles. The second-order valence-corrected chi connectivity index (χ2v) is 3.81. The third-order valence-electron chi connectivity index (χ3n) is 2.10. The Bertz CT molecular complexity index is 192. The summed E-state index contributed by atoms with van der Waals surface area (Å²) in [6.45, 7) is 9.70. The van der Waals surface area contributed by atoms with Gasteiger partial charge in [0.15, 0.2) is 0 Å². The fraction of sp³-hybridized carbons (Fsp3) is 0.909. The Balaban J connectivity index is 0. The Morgan fingerprint density at radius 3 is 2.62 bits per heavy atom. The van der Waals surface area contributed by atoms with Crippen LogP contribution in [0.5, 0.6) is 0 Å². The first kappa shape index (κ1) is 15.2. The van der Waals surface area contributed by atoms with Crippen LogP contribution in [0.3, 0.4) is 0 Å². The number of carbonyl (C=O) groups is 1. The molecule has 0 aromatic heterocycles. The van der Waals surface area contributed by atoms with Gasteiger partial charge in [-0.1, -0.05) is 6.92 Å². The summed E-state index contributed by atoms with van der Waals surface area (Å²) in [5, 5.41) is 2.71. The van der Waals surface area contributed by atoms with Gasteiger partial charge in [-0.2, -0.15) is 0 Å². The van der Waals surface area contributed by atoms with E-state index in [1.807, 2.05) is 13.8 Å². The van der Waals surface area contributed by atoms with Gasteiger partial charge in [-0.05, 0) is 20.4 Å². The highest BCUT2D eigenvalue weighted by molar-refractivity contribution is 5.67. The normalized spacial score (nSPS) is 10.9. The van der Waals surface area contributed by atoms with Gasteiger partial charge in [-0.25, -0.2) is 4.79 Å². The molecule has 0 spiro atoms. The molecule has 0 aliphatic carbocycles. The van der Waals surface area contributed by atoms with Crippen LogP contribution < -0.4 is 5.32 Å². The van der Waals surface area contributed by atoms with E-state index in [0.29, 0.717) is 13.2 Å². The molecule has 0 aliphatic heterocycles. The number of amides is 1. The summed E-state index contributed by atoms with van der Waals surface area (Å²) in [5.41, 5.74) is 0. The van der Waals surface area contributed by atoms with Gasteiger partial charge in [0.2, 0.25) is 0 Å². The quantitative estimate of drug-likeness (QED) is 0.688. The first-order chi connectivity index (χ1) is 7.60. The summed E-state index contributed by atoms with van der Waals surface area (Å²) >= 11 is 0. The van der Waals surface area contributed by atoms with Crippen LogP contribution in [0.1, 0.15) is 22.2 Å². The fourth-order valence-electron chi connectivity index (χ4n) is 1.22. The van der Waals surface area contributed by atoms with Gasteiger partial charge >= 0.3 is 6.09 Å². The van der Waals surface area contributed by atoms with Crippen LogP contribution in [-0.4, -0.2) is 57.0 Å². The number of carbonyl (C=O) groups excluding carboxylic acids is 1. The van der Waals surface area contributed by atoms with Crippen molar-refractivity contribution >= 4 is 6.09 Å². The van der Waals surface area contributed by atoms with Gasteiger partial charge in [0.1, 0.15) is 0 Å². The number of methoxy groups -OCH3 is 1. The third kappa shape index (κ3) is 8.49. The molecule has 98 valence electrons. The first-order valence-electron chi connectivity index (χ1n) is 5.75. The van der Waals surface area contributed by atoms with E-state index in [0.717, 1.165) is 19.6 Å². The molecule has 0 unspecified atom stereocenters. The molecule has 0 fully saturated rings. The van der Waals surface area contributed by atoms with E-state index < -0.39 is 0 Å². The van der Waals surface area contributed by atoms with E-state index in [9.17, 15) is 4.79 Å². The molecular weight excluding hydrogens is 208 g/mol. The monoisotopic (exact) mass is 234 g/mol. The van der Waals surface area contributed by atoms with Crippen molar-refractivity contribution in [3.63, 3.8) is 0 Å². The molecule has 0 bridgehead atoms. The van der Waals surface area contributed by atoms with Crippen LogP contribution in [0.15, 0.2) is 0 Å². The van der Waals surface area contributed by atoms with E-state index in [1.54, 1.807) is 7.11 Å². The largest absolute Gasteiger partial charge is 0.447 e. The smallest absolute Gasteiger partial charge is 0.407 e. The van der Waals surface area contributed by atoms with Gasteiger partial charge in [0.05, 0.1) is 12.7 Å². The van der Waals surface area contributed by atoms with Crippen molar-refractivity contribution in [3.8, 4) is 0 Å². The standard InChI is InChI=1S/C11H24N2O3.H2/c1-5-13(8-9-15-4)7-6-12-11(14)16-10(2)3;/h10H,5-9H2,1-4H3,(H,12,14);1H. The summed E-state index contributed by atoms with van der Waals surface area (Å²) < 4.78 is 9.95. The Labute approximate surface area is 99.6 Å². The van der Waals surface area contributed by atoms with E-state index in [4.69, 9.17) is 9.47 Å². The van der Waals surface area contributed by atoms with Crippen LogP contribution in [0.25, 0.3) is 0 Å². The molecule has 0 heterocycles. The van der Waals surface area contributed by atoms with Crippen LogP contribution >= 0.6 is 0 Å². The second-order valence-electron chi connectivity index (χ2n) is 3.81. The highest BCUT2D eigenvalue weighted by Crippen LogP contribution is 1.89. The summed E-state index contributed by atoms with van der Waals surface area (Å²) in [4.78, 5) is 13.4. The van der Waals surface area contributed by atoms with Crippen LogP contribution in [0.2, 0.25) is 0 Å². The highest BCUT2D eigenvalue weighted by Gasteiger charge is 2.05. The fourth-order valence-corrected chi connectivity index (χ4v) is 1.22. The predicted octanol–water partition coefficient (Wildman–Crippen LogP) is 1.34. The maximum absolute atomic E-state index is 11.2. The molecule has 0 saturated heterocycles. The Morgan fingerprint density at radius 1 is 1.44 bits per heavy atom. The summed E-state index contributed by atoms with van der Waals surface area (Å²) in [7, 11) is 1.69. The minimum absolute atomic E-state index is 0. The lowest BCUT2D eigenvalue weighted by molar-refractivity contribution is 0.113. The van der Waals surface area contributed by atoms with Crippen LogP contribution in [-0.2, 0) is 9.47 Å². The molecule has 16 heavy (non-hydrogen) atoms. The minimum Gasteiger partial charge on any atom is -0.447 e. The molecule has 0 saturated carbocycles. The van der Waals surface area contributed by atoms with Gasteiger partial charge in [0, 0.05) is 28.2 Å². The molecule has 1 N–H and O–H groups in total. The van der Waals surface area contributed by atoms with Crippen molar-refractivity contribution < 1.29 is 15.7 Å². The summed E-state index contributed by atoms with van der Waals surface area (Å²) in [6, 6.07) is 0.